The van der Waals surface area contributed by atoms with Gasteiger partial charge < -0.3 is 4.90 Å². The van der Waals surface area contributed by atoms with E-state index in [0.29, 0.717) is 12.1 Å². The van der Waals surface area contributed by atoms with E-state index in [2.05, 4.69) is 67.2 Å². The molecule has 23 heavy (non-hydrogen) atoms. The molecule has 0 saturated carbocycles. The lowest BCUT2D eigenvalue weighted by Crippen LogP contribution is -2.55. The predicted octanol–water partition coefficient (Wildman–Crippen LogP) is 5.91. The third-order valence-electron chi connectivity index (χ3n) is 5.56. The van der Waals surface area contributed by atoms with Crippen molar-refractivity contribution in [3.05, 3.63) is 29.3 Å². The summed E-state index contributed by atoms with van der Waals surface area (Å²) in [5.41, 5.74) is 0.323. The molecule has 0 radical (unpaired) electrons. The van der Waals surface area contributed by atoms with E-state index in [4.69, 9.17) is 0 Å². The van der Waals surface area contributed by atoms with Gasteiger partial charge in [0, 0.05) is 28.7 Å². The molecule has 130 valence electrons. The van der Waals surface area contributed by atoms with Crippen molar-refractivity contribution < 1.29 is 8.78 Å². The minimum absolute atomic E-state index is 0.155. The number of anilines is 1. The predicted molar refractivity (Wildman–Crippen MR) is 94.0 cm³/mol. The maximum atomic E-state index is 15.0. The summed E-state index contributed by atoms with van der Waals surface area (Å²) < 4.78 is 29.1. The summed E-state index contributed by atoms with van der Waals surface area (Å²) in [5, 5.41) is 0. The minimum atomic E-state index is -0.752. The molecule has 1 aliphatic rings. The molecule has 3 heteroatoms. The number of benzene rings is 1. The molecule has 0 bridgehead atoms. The number of hydrogen-bond donors (Lipinski definition) is 0. The van der Waals surface area contributed by atoms with Gasteiger partial charge in [-0.2, -0.15) is 0 Å². The van der Waals surface area contributed by atoms with Gasteiger partial charge in [-0.3, -0.25) is 0 Å². The zero-order valence-corrected chi connectivity index (χ0v) is 16.1. The van der Waals surface area contributed by atoms with Crippen LogP contribution in [0.5, 0.6) is 0 Å². The van der Waals surface area contributed by atoms with Gasteiger partial charge in [0.25, 0.3) is 0 Å². The van der Waals surface area contributed by atoms with Crippen molar-refractivity contribution in [3.63, 3.8) is 0 Å². The summed E-state index contributed by atoms with van der Waals surface area (Å²) in [7, 11) is 0. The Kier molecular flexibility index (Phi) is 3.91. The van der Waals surface area contributed by atoms with Crippen LogP contribution in [0.15, 0.2) is 12.1 Å². The van der Waals surface area contributed by atoms with E-state index >= 15 is 4.39 Å². The van der Waals surface area contributed by atoms with Crippen LogP contribution < -0.4 is 4.90 Å². The van der Waals surface area contributed by atoms with Crippen LogP contribution in [0.2, 0.25) is 0 Å². The second kappa shape index (κ2) is 4.94. The topological polar surface area (TPSA) is 3.24 Å². The summed E-state index contributed by atoms with van der Waals surface area (Å²) in [6.07, 6.45) is 0. The monoisotopic (exact) mass is 323 g/mol. The quantitative estimate of drug-likeness (QED) is 0.573. The van der Waals surface area contributed by atoms with E-state index < -0.39 is 17.0 Å². The lowest BCUT2D eigenvalue weighted by atomic mass is 9.52. The van der Waals surface area contributed by atoms with Crippen molar-refractivity contribution in [1.29, 1.82) is 0 Å². The third-order valence-corrected chi connectivity index (χ3v) is 5.56. The standard InChI is InChI=1S/C20H31F2N/c1-17(2,3)20(18(4,5)6)12-23(19(7,8)9)14-11-10-13(21)16(22)15(14)20/h10-11H,12H2,1-9H3. The molecule has 2 rings (SSSR count). The molecule has 0 N–H and O–H groups in total. The normalized spacial score (nSPS) is 18.3. The highest BCUT2D eigenvalue weighted by molar-refractivity contribution is 5.66. The molecule has 0 unspecified atom stereocenters. The third kappa shape index (κ3) is 2.47. The van der Waals surface area contributed by atoms with E-state index in [1.807, 2.05) is 0 Å². The van der Waals surface area contributed by atoms with Gasteiger partial charge in [0.1, 0.15) is 0 Å². The average molecular weight is 323 g/mol. The van der Waals surface area contributed by atoms with Gasteiger partial charge in [-0.25, -0.2) is 8.78 Å². The molecule has 1 aliphatic heterocycles. The number of fused-ring (bicyclic) bond motifs is 1. The van der Waals surface area contributed by atoms with Gasteiger partial charge in [-0.1, -0.05) is 41.5 Å². The number of hydrogen-bond acceptors (Lipinski definition) is 1. The maximum absolute atomic E-state index is 15.0. The Bertz CT molecular complexity index is 598. The van der Waals surface area contributed by atoms with Crippen molar-refractivity contribution in [2.75, 3.05) is 11.4 Å². The van der Waals surface area contributed by atoms with Crippen molar-refractivity contribution in [3.8, 4) is 0 Å². The van der Waals surface area contributed by atoms with Crippen LogP contribution in [0.4, 0.5) is 14.5 Å². The fourth-order valence-corrected chi connectivity index (χ4v) is 4.52. The fraction of sp³-hybridized carbons (Fsp3) is 0.700. The molecule has 1 nitrogen and oxygen atoms in total. The Morgan fingerprint density at radius 3 is 1.74 bits per heavy atom. The number of halogens is 2. The van der Waals surface area contributed by atoms with Crippen LogP contribution in [0.1, 0.15) is 67.9 Å². The van der Waals surface area contributed by atoms with Gasteiger partial charge in [-0.15, -0.1) is 0 Å². The summed E-state index contributed by atoms with van der Waals surface area (Å²) in [6, 6.07) is 3.01. The average Bonchev–Trinajstić information content (AvgIpc) is 2.69. The first-order chi connectivity index (χ1) is 10.1. The zero-order valence-electron chi connectivity index (χ0n) is 16.1. The highest BCUT2D eigenvalue weighted by Gasteiger charge is 2.59. The summed E-state index contributed by atoms with van der Waals surface area (Å²) in [5.74, 6) is -1.43. The molecular weight excluding hydrogens is 292 g/mol. The lowest BCUT2D eigenvalue weighted by Gasteiger charge is -2.52. The molecule has 0 fully saturated rings. The van der Waals surface area contributed by atoms with E-state index in [-0.39, 0.29) is 16.4 Å². The molecule has 1 aromatic rings. The molecular formula is C20H31F2N. The fourth-order valence-electron chi connectivity index (χ4n) is 4.52. The molecule has 0 atom stereocenters. The molecule has 0 aliphatic carbocycles. The van der Waals surface area contributed by atoms with Crippen LogP contribution in [0.3, 0.4) is 0 Å². The second-order valence-corrected chi connectivity index (χ2v) is 9.92. The smallest absolute Gasteiger partial charge is 0.164 e. The molecule has 0 saturated heterocycles. The van der Waals surface area contributed by atoms with Gasteiger partial charge in [-0.05, 0) is 43.7 Å². The van der Waals surface area contributed by atoms with E-state index in [1.54, 1.807) is 6.07 Å². The first-order valence-electron chi connectivity index (χ1n) is 8.41. The Balaban J connectivity index is 2.92. The molecule has 1 aromatic carbocycles. The van der Waals surface area contributed by atoms with Gasteiger partial charge in [0.15, 0.2) is 11.6 Å². The van der Waals surface area contributed by atoms with Gasteiger partial charge in [0.05, 0.1) is 0 Å². The minimum Gasteiger partial charge on any atom is -0.365 e. The van der Waals surface area contributed by atoms with E-state index in [9.17, 15) is 4.39 Å². The highest BCUT2D eigenvalue weighted by atomic mass is 19.2. The first kappa shape index (κ1) is 18.2. The molecule has 0 aromatic heterocycles. The molecule has 0 spiro atoms. The Morgan fingerprint density at radius 2 is 1.35 bits per heavy atom. The number of nitrogens with zero attached hydrogens (tertiary/aromatic N) is 1. The largest absolute Gasteiger partial charge is 0.365 e. The van der Waals surface area contributed by atoms with Crippen LogP contribution in [-0.4, -0.2) is 12.1 Å². The SMILES string of the molecule is CC(C)(C)N1CC(C(C)(C)C)(C(C)(C)C)c2c1ccc(F)c2F. The lowest BCUT2D eigenvalue weighted by molar-refractivity contribution is 0.0599. The molecule has 1 heterocycles. The van der Waals surface area contributed by atoms with Gasteiger partial charge >= 0.3 is 0 Å². The van der Waals surface area contributed by atoms with Crippen molar-refractivity contribution >= 4 is 5.69 Å². The van der Waals surface area contributed by atoms with Crippen molar-refractivity contribution in [2.24, 2.45) is 10.8 Å². The van der Waals surface area contributed by atoms with Crippen LogP contribution in [0, 0.1) is 22.5 Å². The van der Waals surface area contributed by atoms with E-state index in [0.717, 1.165) is 5.69 Å². The van der Waals surface area contributed by atoms with Crippen LogP contribution in [-0.2, 0) is 5.41 Å². The Morgan fingerprint density at radius 1 is 0.870 bits per heavy atom. The zero-order chi connectivity index (χ0) is 18.0. The first-order valence-corrected chi connectivity index (χ1v) is 8.41. The Hall–Kier alpha value is -1.12. The van der Waals surface area contributed by atoms with Gasteiger partial charge in [0.2, 0.25) is 0 Å². The van der Waals surface area contributed by atoms with Crippen LogP contribution in [0.25, 0.3) is 0 Å². The highest BCUT2D eigenvalue weighted by Crippen LogP contribution is 2.61. The van der Waals surface area contributed by atoms with Crippen molar-refractivity contribution in [2.45, 2.75) is 73.3 Å². The number of rotatable bonds is 0. The Labute approximate surface area is 140 Å². The maximum Gasteiger partial charge on any atom is 0.164 e. The van der Waals surface area contributed by atoms with Crippen LogP contribution >= 0.6 is 0 Å². The second-order valence-electron chi connectivity index (χ2n) is 9.92. The van der Waals surface area contributed by atoms with Crippen molar-refractivity contribution in [1.82, 2.24) is 0 Å². The summed E-state index contributed by atoms with van der Waals surface area (Å²) in [4.78, 5) is 2.24. The van der Waals surface area contributed by atoms with E-state index in [1.165, 1.54) is 6.07 Å². The molecule has 0 amide bonds. The summed E-state index contributed by atoms with van der Waals surface area (Å²) in [6.45, 7) is 19.9. The summed E-state index contributed by atoms with van der Waals surface area (Å²) >= 11 is 0.